The molecule has 12 aromatic rings. The van der Waals surface area contributed by atoms with Crippen molar-refractivity contribution in [3.63, 3.8) is 0 Å². The smallest absolute Gasteiger partial charge is 0.0714 e. The van der Waals surface area contributed by atoms with Gasteiger partial charge in [-0.05, 0) is 112 Å². The van der Waals surface area contributed by atoms with Gasteiger partial charge in [-0.15, -0.1) is 0 Å². The summed E-state index contributed by atoms with van der Waals surface area (Å²) in [5.74, 6) is 0. The van der Waals surface area contributed by atoms with Crippen molar-refractivity contribution in [1.29, 1.82) is 0 Å². The highest BCUT2D eigenvalue weighted by Gasteiger charge is 2.46. The van der Waals surface area contributed by atoms with E-state index in [1.54, 1.807) is 0 Å². The minimum absolute atomic E-state index is 0.528. The molecule has 0 saturated heterocycles. The van der Waals surface area contributed by atoms with Crippen molar-refractivity contribution in [3.8, 4) is 22.5 Å². The van der Waals surface area contributed by atoms with Gasteiger partial charge in [0, 0.05) is 50.0 Å². The maximum atomic E-state index is 2.47. The van der Waals surface area contributed by atoms with Crippen molar-refractivity contribution >= 4 is 60.7 Å². The van der Waals surface area contributed by atoms with Gasteiger partial charge in [-0.1, -0.05) is 170 Å². The summed E-state index contributed by atoms with van der Waals surface area (Å²) >= 11 is 0. The lowest BCUT2D eigenvalue weighted by molar-refractivity contribution is 0.768. The van der Waals surface area contributed by atoms with Crippen molar-refractivity contribution in [2.75, 3.05) is 4.90 Å². The predicted molar refractivity (Wildman–Crippen MR) is 267 cm³/mol. The van der Waals surface area contributed by atoms with Gasteiger partial charge in [0.25, 0.3) is 0 Å². The van der Waals surface area contributed by atoms with Crippen LogP contribution in [-0.2, 0) is 5.41 Å². The van der Waals surface area contributed by atoms with Crippen LogP contribution in [0.2, 0.25) is 0 Å². The van der Waals surface area contributed by atoms with E-state index < -0.39 is 5.41 Å². The normalized spacial score (nSPS) is 12.8. The molecule has 1 aliphatic carbocycles. The van der Waals surface area contributed by atoms with Crippen molar-refractivity contribution in [1.82, 2.24) is 9.13 Å². The highest BCUT2D eigenvalue weighted by molar-refractivity contribution is 6.11. The maximum Gasteiger partial charge on any atom is 0.0714 e. The molecule has 0 amide bonds. The highest BCUT2D eigenvalue weighted by Crippen LogP contribution is 2.57. The van der Waals surface area contributed by atoms with Crippen LogP contribution < -0.4 is 4.90 Å². The molecule has 64 heavy (non-hydrogen) atoms. The molecule has 0 aliphatic heterocycles. The van der Waals surface area contributed by atoms with Gasteiger partial charge in [-0.25, -0.2) is 0 Å². The van der Waals surface area contributed by atoms with Crippen LogP contribution in [0.5, 0.6) is 0 Å². The predicted octanol–water partition coefficient (Wildman–Crippen LogP) is 15.7. The Hall–Kier alpha value is -8.40. The van der Waals surface area contributed by atoms with E-state index in [1.807, 2.05) is 0 Å². The van der Waals surface area contributed by atoms with Crippen LogP contribution in [0.1, 0.15) is 22.3 Å². The molecule has 0 fully saturated rings. The van der Waals surface area contributed by atoms with E-state index in [1.165, 1.54) is 71.5 Å². The van der Waals surface area contributed by atoms with Crippen LogP contribution in [0.25, 0.3) is 66.1 Å². The van der Waals surface area contributed by atoms with Gasteiger partial charge in [0.2, 0.25) is 0 Å². The zero-order chi connectivity index (χ0) is 42.2. The summed E-state index contributed by atoms with van der Waals surface area (Å²) in [6.07, 6.45) is 0. The fraction of sp³-hybridized carbons (Fsp3) is 0.0164. The molecule has 0 radical (unpaired) electrons. The first-order valence-corrected chi connectivity index (χ1v) is 22.1. The third-order valence-electron chi connectivity index (χ3n) is 13.6. The second-order valence-electron chi connectivity index (χ2n) is 16.9. The summed E-state index contributed by atoms with van der Waals surface area (Å²) in [6, 6.07) is 91.4. The van der Waals surface area contributed by atoms with E-state index in [0.29, 0.717) is 0 Å². The number of aromatic nitrogens is 2. The second kappa shape index (κ2) is 14.3. The Morgan fingerprint density at radius 3 is 1.31 bits per heavy atom. The first kappa shape index (κ1) is 36.3. The molecular formula is C61H41N3. The molecule has 0 bridgehead atoms. The number of rotatable bonds is 7. The molecule has 0 unspecified atom stereocenters. The van der Waals surface area contributed by atoms with Crippen LogP contribution >= 0.6 is 0 Å². The molecule has 0 N–H and O–H groups in total. The molecule has 13 rings (SSSR count). The van der Waals surface area contributed by atoms with Crippen molar-refractivity contribution in [2.24, 2.45) is 0 Å². The summed E-state index contributed by atoms with van der Waals surface area (Å²) in [6.45, 7) is 0. The molecule has 0 saturated carbocycles. The summed E-state index contributed by atoms with van der Waals surface area (Å²) in [4.78, 5) is 2.45. The lowest BCUT2D eigenvalue weighted by atomic mass is 9.67. The Morgan fingerprint density at radius 1 is 0.281 bits per heavy atom. The fourth-order valence-corrected chi connectivity index (χ4v) is 10.9. The maximum absolute atomic E-state index is 2.47. The van der Waals surface area contributed by atoms with Crippen LogP contribution in [0, 0.1) is 0 Å². The number of benzene rings is 10. The lowest BCUT2D eigenvalue weighted by Crippen LogP contribution is -2.28. The number of hydrogen-bond donors (Lipinski definition) is 0. The molecule has 3 heteroatoms. The molecule has 300 valence electrons. The summed E-state index contributed by atoms with van der Waals surface area (Å²) in [5.41, 5.74) is 17.3. The number of para-hydroxylation sites is 4. The monoisotopic (exact) mass is 815 g/mol. The molecule has 0 atom stereocenters. The minimum Gasteiger partial charge on any atom is -0.310 e. The number of hydrogen-bond acceptors (Lipinski definition) is 1. The van der Waals surface area contributed by atoms with E-state index in [-0.39, 0.29) is 0 Å². The van der Waals surface area contributed by atoms with Gasteiger partial charge in [-0.3, -0.25) is 0 Å². The van der Waals surface area contributed by atoms with Crippen molar-refractivity contribution < 1.29 is 0 Å². The Labute approximate surface area is 372 Å². The van der Waals surface area contributed by atoms with Crippen molar-refractivity contribution in [2.45, 2.75) is 5.41 Å². The van der Waals surface area contributed by atoms with Crippen LogP contribution in [0.3, 0.4) is 0 Å². The molecule has 3 nitrogen and oxygen atoms in total. The molecule has 1 aliphatic rings. The van der Waals surface area contributed by atoms with Crippen LogP contribution in [-0.4, -0.2) is 9.13 Å². The average Bonchev–Trinajstić information content (AvgIpc) is 3.99. The first-order valence-electron chi connectivity index (χ1n) is 22.1. The third kappa shape index (κ3) is 5.28. The Balaban J connectivity index is 1.07. The SMILES string of the molecule is c1ccc(-n2c3ccccc3c3ccc(N(c4ccc(-n5c6ccccc6c6ccccc65)cc4)c4ccc5c(c4)C(c4ccccc4)(c4ccccc4)c4ccccc4-5)cc32)cc1. The van der Waals surface area contributed by atoms with Gasteiger partial charge >= 0.3 is 0 Å². The average molecular weight is 816 g/mol. The third-order valence-corrected chi connectivity index (χ3v) is 13.6. The van der Waals surface area contributed by atoms with E-state index in [9.17, 15) is 0 Å². The number of anilines is 3. The quantitative estimate of drug-likeness (QED) is 0.156. The molecule has 0 spiro atoms. The lowest BCUT2D eigenvalue weighted by Gasteiger charge is -2.35. The number of fused-ring (bicyclic) bond motifs is 9. The minimum atomic E-state index is -0.528. The Morgan fingerprint density at radius 2 is 0.703 bits per heavy atom. The van der Waals surface area contributed by atoms with Gasteiger partial charge in [0.15, 0.2) is 0 Å². The van der Waals surface area contributed by atoms with Gasteiger partial charge in [0.05, 0.1) is 27.5 Å². The molecule has 2 heterocycles. The van der Waals surface area contributed by atoms with E-state index >= 15 is 0 Å². The van der Waals surface area contributed by atoms with E-state index in [0.717, 1.165) is 34.0 Å². The van der Waals surface area contributed by atoms with Gasteiger partial charge < -0.3 is 14.0 Å². The van der Waals surface area contributed by atoms with Crippen LogP contribution in [0.4, 0.5) is 17.1 Å². The zero-order valence-electron chi connectivity index (χ0n) is 35.0. The van der Waals surface area contributed by atoms with Crippen molar-refractivity contribution in [3.05, 3.63) is 271 Å². The summed E-state index contributed by atoms with van der Waals surface area (Å²) in [5, 5.41) is 4.97. The molecule has 2 aromatic heterocycles. The molecular weight excluding hydrogens is 775 g/mol. The topological polar surface area (TPSA) is 13.1 Å². The van der Waals surface area contributed by atoms with Crippen LogP contribution in [0.15, 0.2) is 249 Å². The highest BCUT2D eigenvalue weighted by atomic mass is 15.1. The largest absolute Gasteiger partial charge is 0.310 e. The van der Waals surface area contributed by atoms with E-state index in [4.69, 9.17) is 0 Å². The number of nitrogens with zero attached hydrogens (tertiary/aromatic N) is 3. The zero-order valence-corrected chi connectivity index (χ0v) is 35.0. The summed E-state index contributed by atoms with van der Waals surface area (Å²) in [7, 11) is 0. The molecule has 10 aromatic carbocycles. The Bertz CT molecular complexity index is 3620. The summed E-state index contributed by atoms with van der Waals surface area (Å²) < 4.78 is 4.80. The van der Waals surface area contributed by atoms with Gasteiger partial charge in [0.1, 0.15) is 0 Å². The first-order chi connectivity index (χ1) is 31.8. The Kier molecular flexibility index (Phi) is 8.13. The fourth-order valence-electron chi connectivity index (χ4n) is 10.9. The van der Waals surface area contributed by atoms with E-state index in [2.05, 4.69) is 263 Å². The van der Waals surface area contributed by atoms with Gasteiger partial charge in [-0.2, -0.15) is 0 Å². The second-order valence-corrected chi connectivity index (χ2v) is 16.9. The standard InChI is InChI=1S/C61H41N3/c1-4-18-42(19-5-1)61(43-20-6-2-7-21-43)55-28-14-10-24-49(55)50-38-36-47(40-56(50)61)62(45-32-34-46(35-33-45)63-57-29-15-11-25-51(57)52-26-12-16-30-58(52)63)48-37-39-54-53-27-13-17-31-59(53)64(60(54)41-48)44-22-8-3-9-23-44/h1-41H.